The van der Waals surface area contributed by atoms with E-state index in [1.807, 2.05) is 37.2 Å². The molecule has 0 spiro atoms. The van der Waals surface area contributed by atoms with E-state index in [0.29, 0.717) is 17.9 Å². The second kappa shape index (κ2) is 7.06. The van der Waals surface area contributed by atoms with E-state index in [-0.39, 0.29) is 6.03 Å². The van der Waals surface area contributed by atoms with E-state index in [0.717, 1.165) is 60.8 Å². The van der Waals surface area contributed by atoms with Gasteiger partial charge in [0.2, 0.25) is 0 Å². The average molecular weight is 394 g/mol. The minimum atomic E-state index is -0.0278. The normalized spacial score (nSPS) is 23.5. The molecule has 0 aromatic carbocycles. The Hall–Kier alpha value is -3.10. The molecule has 2 aliphatic rings. The second-order valence-corrected chi connectivity index (χ2v) is 8.11. The van der Waals surface area contributed by atoms with Crippen molar-refractivity contribution in [3.8, 4) is 0 Å². The maximum absolute atomic E-state index is 12.6. The predicted molar refractivity (Wildman–Crippen MR) is 111 cm³/mol. The lowest BCUT2D eigenvalue weighted by molar-refractivity contribution is 0.218. The zero-order chi connectivity index (χ0) is 20.0. The fraction of sp³-hybridized carbons (Fsp3) is 0.500. The molecule has 9 nitrogen and oxygen atoms in total. The van der Waals surface area contributed by atoms with Crippen molar-refractivity contribution in [1.82, 2.24) is 29.6 Å². The quantitative estimate of drug-likeness (QED) is 0.631. The van der Waals surface area contributed by atoms with Crippen LogP contribution in [-0.2, 0) is 6.54 Å². The molecule has 152 valence electrons. The number of hydrogen-bond donors (Lipinski definition) is 3. The molecule has 1 saturated carbocycles. The molecule has 4 heterocycles. The summed E-state index contributed by atoms with van der Waals surface area (Å²) >= 11 is 0. The van der Waals surface area contributed by atoms with Gasteiger partial charge in [0.1, 0.15) is 17.3 Å². The summed E-state index contributed by atoms with van der Waals surface area (Å²) in [5, 5.41) is 11.8. The Labute approximate surface area is 168 Å². The fourth-order valence-corrected chi connectivity index (χ4v) is 4.74. The van der Waals surface area contributed by atoms with Crippen molar-refractivity contribution >= 4 is 28.6 Å². The molecule has 2 fully saturated rings. The van der Waals surface area contributed by atoms with Gasteiger partial charge in [-0.25, -0.2) is 14.8 Å². The van der Waals surface area contributed by atoms with Crippen LogP contribution in [0.1, 0.15) is 25.6 Å². The standard InChI is InChI=1S/C20H26N8O/c1-3-28-11-16(8-22-28)26-20(29)27-9-13-6-15(7-14(13)10-27)25-19-17-4-5-21-18(17)23-12(2)24-19/h4-5,8,11,13-15H,3,6-7,9-10H2,1-2H3,(H,26,29)(H2,21,23,24,25)/t13-,14+,15?. The van der Waals surface area contributed by atoms with E-state index in [4.69, 9.17) is 0 Å². The lowest BCUT2D eigenvalue weighted by Crippen LogP contribution is -2.34. The lowest BCUT2D eigenvalue weighted by atomic mass is 10.0. The van der Waals surface area contributed by atoms with E-state index < -0.39 is 0 Å². The number of carbonyl (C=O) groups is 1. The molecule has 3 aromatic rings. The highest BCUT2D eigenvalue weighted by molar-refractivity contribution is 5.89. The van der Waals surface area contributed by atoms with Gasteiger partial charge < -0.3 is 20.5 Å². The fourth-order valence-electron chi connectivity index (χ4n) is 4.74. The molecular weight excluding hydrogens is 368 g/mol. The van der Waals surface area contributed by atoms with E-state index in [1.165, 1.54) is 0 Å². The minimum absolute atomic E-state index is 0.0278. The van der Waals surface area contributed by atoms with Crippen molar-refractivity contribution in [2.75, 3.05) is 23.7 Å². The number of rotatable bonds is 4. The third-order valence-corrected chi connectivity index (χ3v) is 6.12. The Morgan fingerprint density at radius 2 is 2.07 bits per heavy atom. The number of likely N-dealkylation sites (tertiary alicyclic amines) is 1. The van der Waals surface area contributed by atoms with Crippen molar-refractivity contribution in [3.63, 3.8) is 0 Å². The van der Waals surface area contributed by atoms with Crippen LogP contribution in [-0.4, -0.2) is 54.8 Å². The van der Waals surface area contributed by atoms with Gasteiger partial charge in [-0.1, -0.05) is 0 Å². The number of anilines is 2. The molecule has 5 rings (SSSR count). The summed E-state index contributed by atoms with van der Waals surface area (Å²) in [5.41, 5.74) is 1.62. The molecular formula is C20H26N8O. The molecule has 1 saturated heterocycles. The number of amides is 2. The number of aromatic nitrogens is 5. The Morgan fingerprint density at radius 1 is 1.28 bits per heavy atom. The van der Waals surface area contributed by atoms with Crippen LogP contribution >= 0.6 is 0 Å². The summed E-state index contributed by atoms with van der Waals surface area (Å²) in [6, 6.07) is 2.37. The maximum atomic E-state index is 12.6. The highest BCUT2D eigenvalue weighted by Gasteiger charge is 2.42. The topological polar surface area (TPSA) is 104 Å². The Balaban J connectivity index is 1.19. The van der Waals surface area contributed by atoms with Gasteiger partial charge in [0, 0.05) is 38.1 Å². The monoisotopic (exact) mass is 394 g/mol. The number of hydrogen-bond acceptors (Lipinski definition) is 5. The SMILES string of the molecule is CCn1cc(NC(=O)N2C[C@H]3CC(Nc4nc(C)nc5[nH]ccc45)C[C@H]3C2)cn1. The highest BCUT2D eigenvalue weighted by Crippen LogP contribution is 2.39. The first-order chi connectivity index (χ1) is 14.1. The molecule has 3 N–H and O–H groups in total. The summed E-state index contributed by atoms with van der Waals surface area (Å²) in [7, 11) is 0. The molecule has 3 atom stereocenters. The van der Waals surface area contributed by atoms with Gasteiger partial charge in [-0.3, -0.25) is 4.68 Å². The van der Waals surface area contributed by atoms with Gasteiger partial charge in [0.15, 0.2) is 0 Å². The Morgan fingerprint density at radius 3 is 2.79 bits per heavy atom. The van der Waals surface area contributed by atoms with Gasteiger partial charge in [0.05, 0.1) is 17.3 Å². The highest BCUT2D eigenvalue weighted by atomic mass is 16.2. The third-order valence-electron chi connectivity index (χ3n) is 6.12. The first kappa shape index (κ1) is 18.0. The summed E-state index contributed by atoms with van der Waals surface area (Å²) in [5.74, 6) is 2.72. The molecule has 2 amide bonds. The van der Waals surface area contributed by atoms with Crippen LogP contribution in [0.5, 0.6) is 0 Å². The van der Waals surface area contributed by atoms with Crippen molar-refractivity contribution in [1.29, 1.82) is 0 Å². The van der Waals surface area contributed by atoms with E-state index in [2.05, 4.69) is 30.7 Å². The number of nitrogens with one attached hydrogen (secondary N) is 3. The first-order valence-corrected chi connectivity index (χ1v) is 10.3. The number of carbonyl (C=O) groups excluding carboxylic acids is 1. The zero-order valence-electron chi connectivity index (χ0n) is 16.7. The van der Waals surface area contributed by atoms with Crippen LogP contribution in [0.25, 0.3) is 11.0 Å². The van der Waals surface area contributed by atoms with Gasteiger partial charge in [-0.05, 0) is 44.6 Å². The number of urea groups is 1. The number of fused-ring (bicyclic) bond motifs is 2. The van der Waals surface area contributed by atoms with Crippen LogP contribution in [0.15, 0.2) is 24.7 Å². The summed E-state index contributed by atoms with van der Waals surface area (Å²) in [6.07, 6.45) is 7.56. The van der Waals surface area contributed by atoms with Gasteiger partial charge >= 0.3 is 6.03 Å². The largest absolute Gasteiger partial charge is 0.367 e. The molecule has 1 aliphatic carbocycles. The van der Waals surface area contributed by atoms with Crippen molar-refractivity contribution in [2.45, 2.75) is 39.3 Å². The molecule has 9 heteroatoms. The third kappa shape index (κ3) is 3.41. The number of aromatic amines is 1. The van der Waals surface area contributed by atoms with Crippen LogP contribution in [0.2, 0.25) is 0 Å². The molecule has 0 bridgehead atoms. The first-order valence-electron chi connectivity index (χ1n) is 10.3. The van der Waals surface area contributed by atoms with Gasteiger partial charge in [0.25, 0.3) is 0 Å². The summed E-state index contributed by atoms with van der Waals surface area (Å²) in [4.78, 5) is 26.8. The minimum Gasteiger partial charge on any atom is -0.367 e. The number of nitrogens with zero attached hydrogens (tertiary/aromatic N) is 5. The van der Waals surface area contributed by atoms with Crippen molar-refractivity contribution in [3.05, 3.63) is 30.5 Å². The van der Waals surface area contributed by atoms with Crippen LogP contribution in [0, 0.1) is 18.8 Å². The molecule has 0 radical (unpaired) electrons. The maximum Gasteiger partial charge on any atom is 0.321 e. The molecule has 3 aromatic heterocycles. The van der Waals surface area contributed by atoms with Gasteiger partial charge in [-0.2, -0.15) is 5.10 Å². The average Bonchev–Trinajstić information content (AvgIpc) is 3.44. The molecule has 1 aliphatic heterocycles. The summed E-state index contributed by atoms with van der Waals surface area (Å²) < 4.78 is 1.81. The Kier molecular flexibility index (Phi) is 4.37. The van der Waals surface area contributed by atoms with Crippen LogP contribution in [0.4, 0.5) is 16.3 Å². The van der Waals surface area contributed by atoms with Crippen molar-refractivity contribution in [2.24, 2.45) is 11.8 Å². The van der Waals surface area contributed by atoms with Crippen molar-refractivity contribution < 1.29 is 4.79 Å². The van der Waals surface area contributed by atoms with E-state index in [1.54, 1.807) is 10.9 Å². The smallest absolute Gasteiger partial charge is 0.321 e. The van der Waals surface area contributed by atoms with E-state index in [9.17, 15) is 4.79 Å². The second-order valence-electron chi connectivity index (χ2n) is 8.11. The zero-order valence-corrected chi connectivity index (χ0v) is 16.7. The van der Waals surface area contributed by atoms with E-state index >= 15 is 0 Å². The van der Waals surface area contributed by atoms with Crippen LogP contribution < -0.4 is 10.6 Å². The number of aryl methyl sites for hydroxylation is 2. The summed E-state index contributed by atoms with van der Waals surface area (Å²) in [6.45, 7) is 6.33. The van der Waals surface area contributed by atoms with Gasteiger partial charge in [-0.15, -0.1) is 0 Å². The molecule has 29 heavy (non-hydrogen) atoms. The Bertz CT molecular complexity index is 1030. The lowest BCUT2D eigenvalue weighted by Gasteiger charge is -2.20. The predicted octanol–water partition coefficient (Wildman–Crippen LogP) is 2.84. The number of H-pyrrole nitrogens is 1. The van der Waals surface area contributed by atoms with Crippen LogP contribution in [0.3, 0.4) is 0 Å². The molecule has 1 unspecified atom stereocenters.